The number of aromatic amines is 1. The summed E-state index contributed by atoms with van der Waals surface area (Å²) < 4.78 is 5.18. The smallest absolute Gasteiger partial charge is 0.346 e. The Morgan fingerprint density at radius 2 is 1.71 bits per heavy atom. The molecule has 1 aromatic heterocycles. The van der Waals surface area contributed by atoms with Crippen molar-refractivity contribution in [3.8, 4) is 17.0 Å². The minimum absolute atomic E-state index is 0.0581. The molecule has 0 aliphatic carbocycles. The third-order valence-corrected chi connectivity index (χ3v) is 3.80. The highest BCUT2D eigenvalue weighted by molar-refractivity contribution is 6.03. The molecule has 0 radical (unpaired) electrons. The van der Waals surface area contributed by atoms with E-state index < -0.39 is 11.6 Å². The number of carbonyl (C=O) groups excluding carboxylic acids is 2. The van der Waals surface area contributed by atoms with Gasteiger partial charge in [0.05, 0.1) is 12.8 Å². The molecule has 0 aliphatic heterocycles. The average Bonchev–Trinajstić information content (AvgIpc) is 2.67. The zero-order chi connectivity index (χ0) is 20.1. The molecule has 8 heteroatoms. The highest BCUT2D eigenvalue weighted by Crippen LogP contribution is 2.22. The summed E-state index contributed by atoms with van der Waals surface area (Å²) in [5.74, 6) is -0.117. The zero-order valence-electron chi connectivity index (χ0n) is 15.3. The molecule has 142 valence electrons. The molecule has 0 saturated heterocycles. The second kappa shape index (κ2) is 8.17. The molecule has 0 saturated carbocycles. The second-order valence-electron chi connectivity index (χ2n) is 5.93. The maximum atomic E-state index is 12.6. The number of benzene rings is 2. The molecular weight excluding hydrogens is 360 g/mol. The molecule has 0 aliphatic rings. The molecular formula is C20H18N4O4. The number of methoxy groups -OCH3 is 1. The van der Waals surface area contributed by atoms with Crippen LogP contribution in [0.4, 0.5) is 11.4 Å². The van der Waals surface area contributed by atoms with Crippen molar-refractivity contribution in [3.05, 3.63) is 70.8 Å². The number of amides is 2. The Morgan fingerprint density at radius 1 is 1.00 bits per heavy atom. The fraction of sp³-hybridized carbons (Fsp3) is 0.100. The lowest BCUT2D eigenvalue weighted by Gasteiger charge is -2.09. The van der Waals surface area contributed by atoms with E-state index in [1.165, 1.54) is 20.1 Å². The van der Waals surface area contributed by atoms with Crippen LogP contribution in [0.5, 0.6) is 5.75 Å². The number of aromatic nitrogens is 2. The number of nitrogens with zero attached hydrogens (tertiary/aromatic N) is 1. The lowest BCUT2D eigenvalue weighted by Crippen LogP contribution is -2.21. The molecule has 1 heterocycles. The minimum Gasteiger partial charge on any atom is -0.497 e. The van der Waals surface area contributed by atoms with Gasteiger partial charge in [-0.2, -0.15) is 4.98 Å². The van der Waals surface area contributed by atoms with Crippen LogP contribution in [0.1, 0.15) is 17.4 Å². The van der Waals surface area contributed by atoms with Gasteiger partial charge in [-0.25, -0.2) is 4.79 Å². The number of carbonyl (C=O) groups is 2. The molecule has 28 heavy (non-hydrogen) atoms. The van der Waals surface area contributed by atoms with Gasteiger partial charge in [0.2, 0.25) is 5.91 Å². The number of hydrogen-bond acceptors (Lipinski definition) is 5. The summed E-state index contributed by atoms with van der Waals surface area (Å²) in [5, 5.41) is 5.33. The summed E-state index contributed by atoms with van der Waals surface area (Å²) in [6.07, 6.45) is 0. The van der Waals surface area contributed by atoms with Crippen molar-refractivity contribution in [2.24, 2.45) is 0 Å². The molecule has 0 spiro atoms. The Kier molecular flexibility index (Phi) is 5.50. The van der Waals surface area contributed by atoms with Gasteiger partial charge in [-0.3, -0.25) is 9.59 Å². The van der Waals surface area contributed by atoms with E-state index in [1.54, 1.807) is 48.5 Å². The third kappa shape index (κ3) is 4.61. The summed E-state index contributed by atoms with van der Waals surface area (Å²) in [6, 6.07) is 15.2. The maximum absolute atomic E-state index is 12.6. The van der Waals surface area contributed by atoms with E-state index >= 15 is 0 Å². The molecule has 3 N–H and O–H groups in total. The van der Waals surface area contributed by atoms with Crippen LogP contribution in [-0.4, -0.2) is 28.9 Å². The van der Waals surface area contributed by atoms with Gasteiger partial charge in [0.25, 0.3) is 5.91 Å². The van der Waals surface area contributed by atoms with Crippen LogP contribution in [0.25, 0.3) is 11.3 Å². The van der Waals surface area contributed by atoms with Crippen LogP contribution in [0, 0.1) is 0 Å². The topological polar surface area (TPSA) is 113 Å². The lowest BCUT2D eigenvalue weighted by molar-refractivity contribution is -0.114. The molecule has 0 atom stereocenters. The van der Waals surface area contributed by atoms with Crippen molar-refractivity contribution in [2.75, 3.05) is 17.7 Å². The van der Waals surface area contributed by atoms with Gasteiger partial charge in [-0.05, 0) is 36.4 Å². The number of nitrogens with one attached hydrogen (secondary N) is 3. The minimum atomic E-state index is -0.641. The Balaban J connectivity index is 1.87. The largest absolute Gasteiger partial charge is 0.497 e. The van der Waals surface area contributed by atoms with Gasteiger partial charge in [0.1, 0.15) is 11.4 Å². The zero-order valence-corrected chi connectivity index (χ0v) is 15.3. The van der Waals surface area contributed by atoms with Crippen molar-refractivity contribution in [1.82, 2.24) is 9.97 Å². The van der Waals surface area contributed by atoms with Crippen LogP contribution < -0.4 is 21.1 Å². The van der Waals surface area contributed by atoms with E-state index in [4.69, 9.17) is 4.74 Å². The Morgan fingerprint density at radius 3 is 2.43 bits per heavy atom. The second-order valence-corrected chi connectivity index (χ2v) is 5.93. The number of rotatable bonds is 5. The van der Waals surface area contributed by atoms with Gasteiger partial charge in [-0.1, -0.05) is 18.2 Å². The van der Waals surface area contributed by atoms with Crippen LogP contribution in [-0.2, 0) is 4.79 Å². The highest BCUT2D eigenvalue weighted by atomic mass is 16.5. The quantitative estimate of drug-likeness (QED) is 0.632. The van der Waals surface area contributed by atoms with Gasteiger partial charge in [0, 0.05) is 23.9 Å². The Bertz CT molecular complexity index is 1090. The first-order valence-electron chi connectivity index (χ1n) is 8.39. The molecule has 2 amide bonds. The van der Waals surface area contributed by atoms with E-state index in [2.05, 4.69) is 20.6 Å². The first-order valence-corrected chi connectivity index (χ1v) is 8.39. The van der Waals surface area contributed by atoms with Crippen molar-refractivity contribution >= 4 is 23.2 Å². The number of ether oxygens (including phenoxy) is 1. The fourth-order valence-corrected chi connectivity index (χ4v) is 2.59. The normalized spacial score (nSPS) is 10.2. The molecule has 2 aromatic carbocycles. The van der Waals surface area contributed by atoms with Crippen LogP contribution in [0.15, 0.2) is 59.4 Å². The number of anilines is 2. The fourth-order valence-electron chi connectivity index (χ4n) is 2.59. The number of hydrogen-bond donors (Lipinski definition) is 3. The van der Waals surface area contributed by atoms with Crippen LogP contribution >= 0.6 is 0 Å². The first-order chi connectivity index (χ1) is 13.4. The standard InChI is InChI=1S/C20H18N4O4/c1-12(25)21-14-6-4-7-15(10-14)22-19(26)18-11-17(23-20(27)24-18)13-5-3-8-16(9-13)28-2/h3-11H,1-2H3,(H,21,25)(H,22,26)(H,23,24,27). The maximum Gasteiger partial charge on any atom is 0.346 e. The molecule has 0 fully saturated rings. The van der Waals surface area contributed by atoms with E-state index in [0.29, 0.717) is 28.4 Å². The summed E-state index contributed by atoms with van der Waals surface area (Å²) in [6.45, 7) is 1.40. The van der Waals surface area contributed by atoms with Crippen molar-refractivity contribution < 1.29 is 14.3 Å². The average molecular weight is 378 g/mol. The van der Waals surface area contributed by atoms with E-state index in [1.807, 2.05) is 0 Å². The monoisotopic (exact) mass is 378 g/mol. The van der Waals surface area contributed by atoms with Crippen LogP contribution in [0.3, 0.4) is 0 Å². The number of H-pyrrole nitrogens is 1. The Hall–Kier alpha value is -3.94. The summed E-state index contributed by atoms with van der Waals surface area (Å²) in [5.41, 5.74) is 1.43. The molecule has 8 nitrogen and oxygen atoms in total. The predicted octanol–water partition coefficient (Wildman–Crippen LogP) is 2.66. The highest BCUT2D eigenvalue weighted by Gasteiger charge is 2.12. The molecule has 3 aromatic rings. The SMILES string of the molecule is COc1cccc(-c2cc(C(=O)Nc3cccc(NC(C)=O)c3)[nH]c(=O)n2)c1. The van der Waals surface area contributed by atoms with E-state index in [0.717, 1.165) is 0 Å². The van der Waals surface area contributed by atoms with Crippen molar-refractivity contribution in [1.29, 1.82) is 0 Å². The molecule has 0 bridgehead atoms. The van der Waals surface area contributed by atoms with Crippen LogP contribution in [0.2, 0.25) is 0 Å². The lowest BCUT2D eigenvalue weighted by atomic mass is 10.1. The summed E-state index contributed by atoms with van der Waals surface area (Å²) in [4.78, 5) is 42.1. The van der Waals surface area contributed by atoms with Gasteiger partial charge in [-0.15, -0.1) is 0 Å². The summed E-state index contributed by atoms with van der Waals surface area (Å²) in [7, 11) is 1.54. The molecule has 0 unspecified atom stereocenters. The summed E-state index contributed by atoms with van der Waals surface area (Å²) >= 11 is 0. The van der Waals surface area contributed by atoms with Gasteiger partial charge >= 0.3 is 5.69 Å². The van der Waals surface area contributed by atoms with E-state index in [-0.39, 0.29) is 11.6 Å². The van der Waals surface area contributed by atoms with Gasteiger partial charge in [0.15, 0.2) is 0 Å². The van der Waals surface area contributed by atoms with Gasteiger partial charge < -0.3 is 20.4 Å². The molecule has 3 rings (SSSR count). The van der Waals surface area contributed by atoms with E-state index in [9.17, 15) is 14.4 Å². The Labute approximate surface area is 160 Å². The van der Waals surface area contributed by atoms with Crippen molar-refractivity contribution in [3.63, 3.8) is 0 Å². The first kappa shape index (κ1) is 18.8. The van der Waals surface area contributed by atoms with Crippen molar-refractivity contribution in [2.45, 2.75) is 6.92 Å². The third-order valence-electron chi connectivity index (χ3n) is 3.80. The predicted molar refractivity (Wildman–Crippen MR) is 106 cm³/mol.